The van der Waals surface area contributed by atoms with Crippen molar-refractivity contribution >= 4 is 0 Å². The lowest BCUT2D eigenvalue weighted by Gasteiger charge is -2.31. The van der Waals surface area contributed by atoms with E-state index in [0.29, 0.717) is 12.1 Å². The van der Waals surface area contributed by atoms with E-state index in [1.54, 1.807) is 0 Å². The number of nitrogens with zero attached hydrogens (tertiary/aromatic N) is 2. The molecule has 0 unspecified atom stereocenters. The average molecular weight is 144 g/mol. The maximum Gasteiger partial charge on any atom is 0.0214 e. The van der Waals surface area contributed by atoms with Gasteiger partial charge < -0.3 is 9.80 Å². The molecule has 62 valence electrons. The van der Waals surface area contributed by atoms with Gasteiger partial charge in [-0.25, -0.2) is 0 Å². The zero-order valence-corrected chi connectivity index (χ0v) is 8.05. The van der Waals surface area contributed by atoms with Crippen LogP contribution in [0.15, 0.2) is 0 Å². The van der Waals surface area contributed by atoms with E-state index in [1.807, 2.05) is 0 Å². The highest BCUT2D eigenvalue weighted by molar-refractivity contribution is 4.72. The van der Waals surface area contributed by atoms with Crippen molar-refractivity contribution in [2.24, 2.45) is 0 Å². The molecule has 0 N–H and O–H groups in total. The summed E-state index contributed by atoms with van der Waals surface area (Å²) in [6.45, 7) is 4.48. The summed E-state index contributed by atoms with van der Waals surface area (Å²) in [7, 11) is 8.46. The molecule has 0 bridgehead atoms. The van der Waals surface area contributed by atoms with Crippen LogP contribution in [0.25, 0.3) is 0 Å². The fourth-order valence-electron chi connectivity index (χ4n) is 0.863. The van der Waals surface area contributed by atoms with Crippen molar-refractivity contribution in [3.05, 3.63) is 0 Å². The van der Waals surface area contributed by atoms with Crippen LogP contribution in [0.2, 0.25) is 0 Å². The quantitative estimate of drug-likeness (QED) is 0.580. The fourth-order valence-corrected chi connectivity index (χ4v) is 0.863. The van der Waals surface area contributed by atoms with Gasteiger partial charge in [-0.05, 0) is 42.0 Å². The monoisotopic (exact) mass is 144 g/mol. The van der Waals surface area contributed by atoms with Crippen molar-refractivity contribution in [1.29, 1.82) is 0 Å². The third kappa shape index (κ3) is 2.67. The lowest BCUT2D eigenvalue weighted by molar-refractivity contribution is 0.176. The van der Waals surface area contributed by atoms with Gasteiger partial charge in [-0.2, -0.15) is 0 Å². The first-order chi connectivity index (χ1) is 4.46. The number of hydrogen-bond donors (Lipinski definition) is 0. The summed E-state index contributed by atoms with van der Waals surface area (Å²) < 4.78 is 0. The molecule has 10 heavy (non-hydrogen) atoms. The van der Waals surface area contributed by atoms with E-state index in [1.165, 1.54) is 0 Å². The Morgan fingerprint density at radius 2 is 0.900 bits per heavy atom. The van der Waals surface area contributed by atoms with Crippen molar-refractivity contribution in [2.75, 3.05) is 28.2 Å². The lowest BCUT2D eigenvalue weighted by Crippen LogP contribution is -2.42. The van der Waals surface area contributed by atoms with Gasteiger partial charge in [-0.3, -0.25) is 0 Å². The predicted octanol–water partition coefficient (Wildman–Crippen LogP) is 0.887. The molecule has 0 aliphatic carbocycles. The Labute approximate surface area is 64.8 Å². The molecule has 0 spiro atoms. The van der Waals surface area contributed by atoms with Gasteiger partial charge in [0, 0.05) is 12.1 Å². The highest BCUT2D eigenvalue weighted by Crippen LogP contribution is 2.03. The lowest BCUT2D eigenvalue weighted by atomic mass is 10.1. The molecule has 0 heterocycles. The molecule has 0 amide bonds. The largest absolute Gasteiger partial charge is 0.305 e. The molecule has 0 aliphatic heterocycles. The molecular formula is C8H20N2. The standard InChI is InChI=1S/C8H20N2/c1-7(9(3)4)8(2)10(5)6/h7-8H,1-6H3/t7-,8-/m1/s1. The minimum absolute atomic E-state index is 0.620. The maximum atomic E-state index is 2.24. The third-order valence-corrected chi connectivity index (χ3v) is 2.33. The number of rotatable bonds is 3. The molecule has 0 rings (SSSR count). The average Bonchev–Trinajstić information content (AvgIpc) is 1.84. The summed E-state index contributed by atoms with van der Waals surface area (Å²) in [5.74, 6) is 0. The van der Waals surface area contributed by atoms with Gasteiger partial charge in [0.1, 0.15) is 0 Å². The first kappa shape index (κ1) is 9.92. The molecular weight excluding hydrogens is 124 g/mol. The Hall–Kier alpha value is -0.0800. The van der Waals surface area contributed by atoms with E-state index in [2.05, 4.69) is 51.8 Å². The molecule has 0 aromatic heterocycles. The first-order valence-corrected chi connectivity index (χ1v) is 3.79. The van der Waals surface area contributed by atoms with E-state index in [9.17, 15) is 0 Å². The van der Waals surface area contributed by atoms with Crippen molar-refractivity contribution in [2.45, 2.75) is 25.9 Å². The Bertz CT molecular complexity index is 77.3. The van der Waals surface area contributed by atoms with Crippen molar-refractivity contribution < 1.29 is 0 Å². The minimum atomic E-state index is 0.620. The van der Waals surface area contributed by atoms with Gasteiger partial charge >= 0.3 is 0 Å². The van der Waals surface area contributed by atoms with Crippen LogP contribution in [-0.4, -0.2) is 50.1 Å². The van der Waals surface area contributed by atoms with Crippen LogP contribution in [0, 0.1) is 0 Å². The third-order valence-electron chi connectivity index (χ3n) is 2.33. The maximum absolute atomic E-state index is 2.24. The second-order valence-corrected chi connectivity index (χ2v) is 3.41. The Morgan fingerprint density at radius 1 is 0.700 bits per heavy atom. The van der Waals surface area contributed by atoms with Crippen molar-refractivity contribution in [1.82, 2.24) is 9.80 Å². The Morgan fingerprint density at radius 3 is 1.00 bits per heavy atom. The molecule has 0 aromatic carbocycles. The predicted molar refractivity (Wildman–Crippen MR) is 46.3 cm³/mol. The van der Waals surface area contributed by atoms with Crippen LogP contribution in [0.5, 0.6) is 0 Å². The molecule has 0 aromatic rings. The second-order valence-electron chi connectivity index (χ2n) is 3.41. The van der Waals surface area contributed by atoms with Crippen molar-refractivity contribution in [3.8, 4) is 0 Å². The SMILES string of the molecule is C[C@H]([C@@H](C)N(C)C)N(C)C. The Balaban J connectivity index is 3.81. The second kappa shape index (κ2) is 3.94. The Kier molecular flexibility index (Phi) is 3.91. The van der Waals surface area contributed by atoms with E-state index in [0.717, 1.165) is 0 Å². The summed E-state index contributed by atoms with van der Waals surface area (Å²) >= 11 is 0. The normalized spacial score (nSPS) is 18.0. The zero-order chi connectivity index (χ0) is 8.31. The number of hydrogen-bond acceptors (Lipinski definition) is 2. The van der Waals surface area contributed by atoms with Gasteiger partial charge in [-0.1, -0.05) is 0 Å². The molecule has 0 saturated heterocycles. The van der Waals surface area contributed by atoms with Crippen molar-refractivity contribution in [3.63, 3.8) is 0 Å². The van der Waals surface area contributed by atoms with Crippen LogP contribution >= 0.6 is 0 Å². The minimum Gasteiger partial charge on any atom is -0.305 e. The van der Waals surface area contributed by atoms with E-state index in [-0.39, 0.29) is 0 Å². The van der Waals surface area contributed by atoms with E-state index >= 15 is 0 Å². The molecule has 2 heteroatoms. The van der Waals surface area contributed by atoms with E-state index in [4.69, 9.17) is 0 Å². The summed E-state index contributed by atoms with van der Waals surface area (Å²) in [5, 5.41) is 0. The summed E-state index contributed by atoms with van der Waals surface area (Å²) in [6, 6.07) is 1.24. The smallest absolute Gasteiger partial charge is 0.0214 e. The zero-order valence-electron chi connectivity index (χ0n) is 8.05. The molecule has 2 nitrogen and oxygen atoms in total. The van der Waals surface area contributed by atoms with Crippen LogP contribution in [0.3, 0.4) is 0 Å². The van der Waals surface area contributed by atoms with Crippen LogP contribution in [-0.2, 0) is 0 Å². The van der Waals surface area contributed by atoms with Gasteiger partial charge in [0.05, 0.1) is 0 Å². The first-order valence-electron chi connectivity index (χ1n) is 3.79. The summed E-state index contributed by atoms with van der Waals surface area (Å²) in [5.41, 5.74) is 0. The van der Waals surface area contributed by atoms with Gasteiger partial charge in [0.25, 0.3) is 0 Å². The fraction of sp³-hybridized carbons (Fsp3) is 1.00. The van der Waals surface area contributed by atoms with Crippen LogP contribution < -0.4 is 0 Å². The number of likely N-dealkylation sites (N-methyl/N-ethyl adjacent to an activating group) is 2. The van der Waals surface area contributed by atoms with E-state index < -0.39 is 0 Å². The van der Waals surface area contributed by atoms with Crippen LogP contribution in [0.1, 0.15) is 13.8 Å². The molecule has 0 saturated carbocycles. The van der Waals surface area contributed by atoms with Gasteiger partial charge in [-0.15, -0.1) is 0 Å². The summed E-state index contributed by atoms with van der Waals surface area (Å²) in [4.78, 5) is 4.48. The van der Waals surface area contributed by atoms with Gasteiger partial charge in [0.2, 0.25) is 0 Å². The van der Waals surface area contributed by atoms with Crippen LogP contribution in [0.4, 0.5) is 0 Å². The topological polar surface area (TPSA) is 6.48 Å². The van der Waals surface area contributed by atoms with Gasteiger partial charge in [0.15, 0.2) is 0 Å². The molecule has 0 fully saturated rings. The highest BCUT2D eigenvalue weighted by Gasteiger charge is 2.14. The molecule has 0 radical (unpaired) electrons. The summed E-state index contributed by atoms with van der Waals surface area (Å²) in [6.07, 6.45) is 0. The highest BCUT2D eigenvalue weighted by atomic mass is 15.2. The molecule has 2 atom stereocenters. The molecule has 0 aliphatic rings.